The van der Waals surface area contributed by atoms with Gasteiger partial charge in [-0.05, 0) is 103 Å². The van der Waals surface area contributed by atoms with E-state index in [2.05, 4.69) is 49.3 Å². The summed E-state index contributed by atoms with van der Waals surface area (Å²) in [5.41, 5.74) is 7.96. The van der Waals surface area contributed by atoms with Crippen LogP contribution in [0, 0.1) is 13.8 Å². The van der Waals surface area contributed by atoms with Gasteiger partial charge < -0.3 is 19.1 Å². The normalized spacial score (nSPS) is 15.5. The fourth-order valence-corrected chi connectivity index (χ4v) is 5.04. The van der Waals surface area contributed by atoms with Gasteiger partial charge in [-0.25, -0.2) is 0 Å². The molecule has 0 radical (unpaired) electrons. The fraction of sp³-hybridized carbons (Fsp3) is 0.300. The largest absolute Gasteiger partial charge is 0.493 e. The highest BCUT2D eigenvalue weighted by Gasteiger charge is 2.27. The highest BCUT2D eigenvalue weighted by molar-refractivity contribution is 5.76. The van der Waals surface area contributed by atoms with Crippen molar-refractivity contribution in [2.45, 2.75) is 52.2 Å². The molecule has 2 atom stereocenters. The second kappa shape index (κ2) is 10.1. The first-order valence-electron chi connectivity index (χ1n) is 12.4. The molecule has 1 aliphatic rings. The third-order valence-corrected chi connectivity index (χ3v) is 6.74. The third-order valence-electron chi connectivity index (χ3n) is 6.74. The van der Waals surface area contributed by atoms with E-state index in [-0.39, 0.29) is 17.8 Å². The number of aryl methyl sites for hydroxylation is 2. The van der Waals surface area contributed by atoms with E-state index in [1.165, 1.54) is 39.4 Å². The summed E-state index contributed by atoms with van der Waals surface area (Å²) in [5, 5.41) is 11.8. The van der Waals surface area contributed by atoms with Gasteiger partial charge in [0.2, 0.25) is 0 Å². The van der Waals surface area contributed by atoms with Crippen LogP contribution >= 0.6 is 0 Å². The predicted octanol–water partition coefficient (Wildman–Crippen LogP) is 6.13. The van der Waals surface area contributed by atoms with Gasteiger partial charge >= 0.3 is 0 Å². The molecule has 1 aliphatic carbocycles. The second-order valence-corrected chi connectivity index (χ2v) is 9.54. The molecule has 1 heterocycles. The van der Waals surface area contributed by atoms with Crippen molar-refractivity contribution < 1.29 is 19.1 Å². The van der Waals surface area contributed by atoms with Crippen LogP contribution in [0.25, 0.3) is 22.5 Å². The van der Waals surface area contributed by atoms with Gasteiger partial charge in [-0.15, -0.1) is 0 Å². The fourth-order valence-electron chi connectivity index (χ4n) is 5.04. The summed E-state index contributed by atoms with van der Waals surface area (Å²) in [7, 11) is 0. The van der Waals surface area contributed by atoms with E-state index in [0.29, 0.717) is 18.8 Å². The Hall–Kier alpha value is -3.77. The van der Waals surface area contributed by atoms with Gasteiger partial charge in [0.1, 0.15) is 17.6 Å². The maximum Gasteiger partial charge on any atom is 0.280 e. The molecule has 3 aromatic carbocycles. The predicted molar refractivity (Wildman–Crippen MR) is 140 cm³/mol. The topological polar surface area (TPSA) is 84.7 Å². The molecular weight excluding hydrogens is 454 g/mol. The van der Waals surface area contributed by atoms with Crippen molar-refractivity contribution in [3.05, 3.63) is 93.3 Å². The van der Waals surface area contributed by atoms with E-state index in [1.807, 2.05) is 24.3 Å². The monoisotopic (exact) mass is 485 g/mol. The molecule has 6 nitrogen and oxygen atoms in total. The van der Waals surface area contributed by atoms with Crippen molar-refractivity contribution in [1.29, 1.82) is 0 Å². The third kappa shape index (κ3) is 4.95. The van der Waals surface area contributed by atoms with Gasteiger partial charge in [-0.1, -0.05) is 18.2 Å². The number of ether oxygens (including phenoxy) is 2. The molecule has 6 heteroatoms. The van der Waals surface area contributed by atoms with E-state index in [4.69, 9.17) is 14.0 Å². The number of aliphatic hydroxyl groups is 1. The van der Waals surface area contributed by atoms with Crippen molar-refractivity contribution >= 4 is 0 Å². The number of H-pyrrole nitrogens is 1. The molecule has 1 aromatic heterocycles. The number of aromatic nitrogens is 1. The first-order chi connectivity index (χ1) is 17.4. The molecule has 4 aromatic rings. The van der Waals surface area contributed by atoms with Gasteiger partial charge in [0.05, 0.1) is 18.8 Å². The minimum atomic E-state index is -0.367. The van der Waals surface area contributed by atoms with Crippen molar-refractivity contribution in [2.75, 3.05) is 6.61 Å². The summed E-state index contributed by atoms with van der Waals surface area (Å²) >= 11 is 0. The Balaban J connectivity index is 1.36. The van der Waals surface area contributed by atoms with Crippen LogP contribution in [0.2, 0.25) is 0 Å². The Labute approximate surface area is 210 Å². The highest BCUT2D eigenvalue weighted by atomic mass is 16.5. The Morgan fingerprint density at radius 3 is 2.47 bits per heavy atom. The smallest absolute Gasteiger partial charge is 0.280 e. The summed E-state index contributed by atoms with van der Waals surface area (Å²) < 4.78 is 17.5. The molecule has 0 saturated heterocycles. The zero-order valence-electron chi connectivity index (χ0n) is 20.8. The van der Waals surface area contributed by atoms with Crippen LogP contribution < -0.4 is 15.0 Å². The van der Waals surface area contributed by atoms with Crippen LogP contribution in [0.1, 0.15) is 48.1 Å². The Kier molecular flexibility index (Phi) is 6.70. The van der Waals surface area contributed by atoms with Crippen LogP contribution in [0.5, 0.6) is 11.5 Å². The van der Waals surface area contributed by atoms with Gasteiger partial charge in [0, 0.05) is 12.0 Å². The SMILES string of the molecule is Cc1cc(OCCC(C)O)cc(C)c1-c1cccc2c1CCC2Oc1ccc(-c2cc(=O)[nH]o2)cc1. The van der Waals surface area contributed by atoms with Crippen molar-refractivity contribution in [3.8, 4) is 33.9 Å². The van der Waals surface area contributed by atoms with E-state index >= 15 is 0 Å². The number of fused-ring (bicyclic) bond motifs is 1. The summed E-state index contributed by atoms with van der Waals surface area (Å²) in [5.74, 6) is 2.13. The standard InChI is InChI=1S/C30H31NO5/c1-18-15-23(34-14-13-20(3)32)16-19(2)30(18)26-6-4-5-25-24(26)11-12-27(25)35-22-9-7-21(8-10-22)28-17-29(33)31-36-28/h4-10,15-17,20,27,32H,11-14H2,1-3H3,(H,31,33). The van der Waals surface area contributed by atoms with Gasteiger partial charge in [0.25, 0.3) is 5.56 Å². The number of benzene rings is 3. The molecule has 0 aliphatic heterocycles. The molecule has 36 heavy (non-hydrogen) atoms. The van der Waals surface area contributed by atoms with Gasteiger partial charge in [-0.2, -0.15) is 5.16 Å². The number of hydrogen-bond acceptors (Lipinski definition) is 5. The molecule has 0 amide bonds. The highest BCUT2D eigenvalue weighted by Crippen LogP contribution is 2.42. The van der Waals surface area contributed by atoms with E-state index in [1.54, 1.807) is 6.92 Å². The van der Waals surface area contributed by atoms with Crippen molar-refractivity contribution in [1.82, 2.24) is 5.16 Å². The Morgan fingerprint density at radius 1 is 1.06 bits per heavy atom. The number of aliphatic hydroxyl groups excluding tert-OH is 1. The van der Waals surface area contributed by atoms with Crippen LogP contribution in [-0.2, 0) is 6.42 Å². The number of rotatable bonds is 8. The van der Waals surface area contributed by atoms with Crippen LogP contribution in [-0.4, -0.2) is 23.0 Å². The molecular formula is C30H31NO5. The molecule has 0 saturated carbocycles. The maximum absolute atomic E-state index is 11.3. The average Bonchev–Trinajstić information content (AvgIpc) is 3.46. The first kappa shape index (κ1) is 23.9. The van der Waals surface area contributed by atoms with Crippen molar-refractivity contribution in [3.63, 3.8) is 0 Å². The zero-order valence-corrected chi connectivity index (χ0v) is 20.8. The molecule has 0 bridgehead atoms. The van der Waals surface area contributed by atoms with Crippen LogP contribution in [0.4, 0.5) is 0 Å². The van der Waals surface area contributed by atoms with Crippen LogP contribution in [0.3, 0.4) is 0 Å². The zero-order chi connectivity index (χ0) is 25.2. The lowest BCUT2D eigenvalue weighted by molar-refractivity contribution is 0.155. The first-order valence-corrected chi connectivity index (χ1v) is 12.4. The Bertz CT molecular complexity index is 1390. The maximum atomic E-state index is 11.3. The Morgan fingerprint density at radius 2 is 1.81 bits per heavy atom. The lowest BCUT2D eigenvalue weighted by Crippen LogP contribution is -2.07. The summed E-state index contributed by atoms with van der Waals surface area (Å²) in [6, 6.07) is 19.7. The quantitative estimate of drug-likeness (QED) is 0.313. The number of nitrogens with one attached hydrogen (secondary N) is 1. The number of aromatic amines is 1. The van der Waals surface area contributed by atoms with E-state index in [9.17, 15) is 9.90 Å². The molecule has 186 valence electrons. The van der Waals surface area contributed by atoms with Gasteiger partial charge in [0.15, 0.2) is 5.76 Å². The van der Waals surface area contributed by atoms with E-state index in [0.717, 1.165) is 29.9 Å². The van der Waals surface area contributed by atoms with E-state index < -0.39 is 0 Å². The molecule has 0 spiro atoms. The molecule has 5 rings (SSSR count). The van der Waals surface area contributed by atoms with Gasteiger partial charge in [-0.3, -0.25) is 4.79 Å². The molecule has 2 unspecified atom stereocenters. The summed E-state index contributed by atoms with van der Waals surface area (Å²) in [6.45, 7) is 6.52. The minimum absolute atomic E-state index is 0.0142. The second-order valence-electron chi connectivity index (χ2n) is 9.54. The summed E-state index contributed by atoms with van der Waals surface area (Å²) in [6.07, 6.45) is 2.10. The van der Waals surface area contributed by atoms with Crippen molar-refractivity contribution in [2.24, 2.45) is 0 Å². The average molecular weight is 486 g/mol. The molecule has 0 fully saturated rings. The molecule has 2 N–H and O–H groups in total. The minimum Gasteiger partial charge on any atom is -0.493 e. The lowest BCUT2D eigenvalue weighted by Gasteiger charge is -2.18. The van der Waals surface area contributed by atoms with Crippen LogP contribution in [0.15, 0.2) is 70.0 Å². The summed E-state index contributed by atoms with van der Waals surface area (Å²) in [4.78, 5) is 11.3. The lowest BCUT2D eigenvalue weighted by atomic mass is 9.90. The number of hydrogen-bond donors (Lipinski definition) is 2.